The van der Waals surface area contributed by atoms with Crippen LogP contribution in [0, 0.1) is 6.92 Å². The van der Waals surface area contributed by atoms with E-state index in [0.29, 0.717) is 18.7 Å². The monoisotopic (exact) mass is 405 g/mol. The summed E-state index contributed by atoms with van der Waals surface area (Å²) in [5.41, 5.74) is 3.31. The lowest BCUT2D eigenvalue weighted by Gasteiger charge is -2.36. The zero-order valence-electron chi connectivity index (χ0n) is 16.7. The van der Waals surface area contributed by atoms with Gasteiger partial charge in [-0.1, -0.05) is 18.2 Å². The largest absolute Gasteiger partial charge is 0.368 e. The van der Waals surface area contributed by atoms with Gasteiger partial charge in [0.15, 0.2) is 0 Å². The second-order valence-electron chi connectivity index (χ2n) is 7.14. The Morgan fingerprint density at radius 3 is 2.47 bits per heavy atom. The lowest BCUT2D eigenvalue weighted by molar-refractivity contribution is -0.130. The van der Waals surface area contributed by atoms with Crippen molar-refractivity contribution in [3.05, 3.63) is 66.0 Å². The molecular weight excluding hydrogens is 382 g/mol. The molecular formula is C21H23N7O2. The minimum Gasteiger partial charge on any atom is -0.368 e. The Bertz CT molecular complexity index is 1010. The summed E-state index contributed by atoms with van der Waals surface area (Å²) in [6, 6.07) is 15.4. The molecule has 0 aliphatic carbocycles. The molecule has 0 saturated carbocycles. The molecule has 154 valence electrons. The topological polar surface area (TPSA) is 96.2 Å². The van der Waals surface area contributed by atoms with Gasteiger partial charge in [0.05, 0.1) is 12.2 Å². The molecule has 0 atom stereocenters. The Hall–Kier alpha value is -3.75. The van der Waals surface area contributed by atoms with E-state index in [2.05, 4.69) is 37.9 Å². The van der Waals surface area contributed by atoms with Crippen LogP contribution in [0.2, 0.25) is 0 Å². The number of amides is 2. The van der Waals surface area contributed by atoms with Gasteiger partial charge >= 0.3 is 0 Å². The number of anilines is 1. The quantitative estimate of drug-likeness (QED) is 0.682. The van der Waals surface area contributed by atoms with Crippen molar-refractivity contribution < 1.29 is 9.59 Å². The number of hydrogen-bond acceptors (Lipinski definition) is 6. The van der Waals surface area contributed by atoms with E-state index in [1.54, 1.807) is 23.1 Å². The maximum Gasteiger partial charge on any atom is 0.251 e. The second kappa shape index (κ2) is 8.73. The van der Waals surface area contributed by atoms with Gasteiger partial charge in [0.1, 0.15) is 6.33 Å². The van der Waals surface area contributed by atoms with E-state index in [-0.39, 0.29) is 18.4 Å². The number of carbonyl (C=O) groups excluding carboxylic acids is 2. The van der Waals surface area contributed by atoms with E-state index in [1.807, 2.05) is 25.1 Å². The summed E-state index contributed by atoms with van der Waals surface area (Å²) in [5.74, 6) is -0.351. The summed E-state index contributed by atoms with van der Waals surface area (Å²) in [6.07, 6.45) is 1.50. The fraction of sp³-hybridized carbons (Fsp3) is 0.286. The van der Waals surface area contributed by atoms with Gasteiger partial charge < -0.3 is 15.1 Å². The van der Waals surface area contributed by atoms with Crippen LogP contribution < -0.4 is 10.2 Å². The molecule has 30 heavy (non-hydrogen) atoms. The van der Waals surface area contributed by atoms with Crippen molar-refractivity contribution in [2.24, 2.45) is 0 Å². The molecule has 9 heteroatoms. The molecule has 0 spiro atoms. The van der Waals surface area contributed by atoms with Crippen LogP contribution in [0.5, 0.6) is 0 Å². The maximum absolute atomic E-state index is 12.5. The van der Waals surface area contributed by atoms with E-state index in [0.717, 1.165) is 24.3 Å². The molecule has 3 aromatic rings. The molecule has 2 aromatic carbocycles. The molecule has 9 nitrogen and oxygen atoms in total. The van der Waals surface area contributed by atoms with Crippen LogP contribution in [0.4, 0.5) is 5.69 Å². The van der Waals surface area contributed by atoms with Gasteiger partial charge in [-0.05, 0) is 53.2 Å². The SMILES string of the molecule is Cc1cc(C(=O)NCC(=O)N2CCN(c3ccccc3)CC2)ccc1-n1cnnn1. The first-order valence-electron chi connectivity index (χ1n) is 9.82. The molecule has 1 N–H and O–H groups in total. The normalized spacial score (nSPS) is 13.9. The van der Waals surface area contributed by atoms with Crippen molar-refractivity contribution >= 4 is 17.5 Å². The number of piperazine rings is 1. The zero-order chi connectivity index (χ0) is 20.9. The third-order valence-corrected chi connectivity index (χ3v) is 5.21. The number of nitrogens with zero attached hydrogens (tertiary/aromatic N) is 6. The molecule has 1 aliphatic heterocycles. The number of benzene rings is 2. The Morgan fingerprint density at radius 1 is 1.03 bits per heavy atom. The third-order valence-electron chi connectivity index (χ3n) is 5.21. The molecule has 1 aliphatic rings. The van der Waals surface area contributed by atoms with Crippen LogP contribution in [0.1, 0.15) is 15.9 Å². The highest BCUT2D eigenvalue weighted by Crippen LogP contribution is 2.16. The van der Waals surface area contributed by atoms with E-state index >= 15 is 0 Å². The number of hydrogen-bond donors (Lipinski definition) is 1. The molecule has 0 radical (unpaired) electrons. The van der Waals surface area contributed by atoms with Gasteiger partial charge in [-0.15, -0.1) is 5.10 Å². The smallest absolute Gasteiger partial charge is 0.251 e. The average Bonchev–Trinajstić information content (AvgIpc) is 3.32. The van der Waals surface area contributed by atoms with Crippen LogP contribution in [-0.2, 0) is 4.79 Å². The molecule has 1 fully saturated rings. The van der Waals surface area contributed by atoms with Crippen molar-refractivity contribution in [3.8, 4) is 5.69 Å². The lowest BCUT2D eigenvalue weighted by atomic mass is 10.1. The molecule has 2 heterocycles. The van der Waals surface area contributed by atoms with E-state index in [1.165, 1.54) is 16.7 Å². The van der Waals surface area contributed by atoms with Crippen LogP contribution in [-0.4, -0.2) is 69.6 Å². The van der Waals surface area contributed by atoms with Crippen molar-refractivity contribution in [1.29, 1.82) is 0 Å². The first kappa shape index (κ1) is 19.6. The van der Waals surface area contributed by atoms with Crippen LogP contribution in [0.15, 0.2) is 54.9 Å². The highest BCUT2D eigenvalue weighted by molar-refractivity contribution is 5.96. The van der Waals surface area contributed by atoms with Crippen molar-refractivity contribution in [3.63, 3.8) is 0 Å². The standard InChI is InChI=1S/C21H23N7O2/c1-16-13-17(7-8-19(16)28-15-23-24-25-28)21(30)22-14-20(29)27-11-9-26(10-12-27)18-5-3-2-4-6-18/h2-8,13,15H,9-12,14H2,1H3,(H,22,30). The molecule has 2 amide bonds. The number of carbonyl (C=O) groups is 2. The minimum absolute atomic E-state index is 0.0159. The van der Waals surface area contributed by atoms with Gasteiger partial charge in [-0.3, -0.25) is 9.59 Å². The number of nitrogens with one attached hydrogen (secondary N) is 1. The highest BCUT2D eigenvalue weighted by atomic mass is 16.2. The molecule has 4 rings (SSSR count). The van der Waals surface area contributed by atoms with Crippen LogP contribution in [0.25, 0.3) is 5.69 Å². The fourth-order valence-electron chi connectivity index (χ4n) is 3.55. The third kappa shape index (κ3) is 4.29. The number of tetrazole rings is 1. The first-order chi connectivity index (χ1) is 14.6. The second-order valence-corrected chi connectivity index (χ2v) is 7.14. The minimum atomic E-state index is -0.280. The summed E-state index contributed by atoms with van der Waals surface area (Å²) >= 11 is 0. The van der Waals surface area contributed by atoms with Gasteiger partial charge in [0.25, 0.3) is 5.91 Å². The van der Waals surface area contributed by atoms with E-state index < -0.39 is 0 Å². The number of aromatic nitrogens is 4. The molecule has 1 saturated heterocycles. The lowest BCUT2D eigenvalue weighted by Crippen LogP contribution is -2.51. The summed E-state index contributed by atoms with van der Waals surface area (Å²) < 4.78 is 1.54. The zero-order valence-corrected chi connectivity index (χ0v) is 16.7. The average molecular weight is 405 g/mol. The fourth-order valence-corrected chi connectivity index (χ4v) is 3.55. The highest BCUT2D eigenvalue weighted by Gasteiger charge is 2.21. The molecule has 0 bridgehead atoms. The Morgan fingerprint density at radius 2 is 1.80 bits per heavy atom. The van der Waals surface area contributed by atoms with Gasteiger partial charge in [0.2, 0.25) is 5.91 Å². The number of rotatable bonds is 5. The van der Waals surface area contributed by atoms with Crippen molar-refractivity contribution in [1.82, 2.24) is 30.4 Å². The Balaban J connectivity index is 1.29. The van der Waals surface area contributed by atoms with Gasteiger partial charge in [-0.2, -0.15) is 0 Å². The van der Waals surface area contributed by atoms with E-state index in [4.69, 9.17) is 0 Å². The van der Waals surface area contributed by atoms with E-state index in [9.17, 15) is 9.59 Å². The Kier molecular flexibility index (Phi) is 5.69. The van der Waals surface area contributed by atoms with Crippen molar-refractivity contribution in [2.75, 3.05) is 37.6 Å². The van der Waals surface area contributed by atoms with Crippen LogP contribution >= 0.6 is 0 Å². The van der Waals surface area contributed by atoms with Crippen LogP contribution in [0.3, 0.4) is 0 Å². The summed E-state index contributed by atoms with van der Waals surface area (Å²) in [7, 11) is 0. The first-order valence-corrected chi connectivity index (χ1v) is 9.82. The molecule has 0 unspecified atom stereocenters. The van der Waals surface area contributed by atoms with Crippen molar-refractivity contribution in [2.45, 2.75) is 6.92 Å². The molecule has 1 aromatic heterocycles. The summed E-state index contributed by atoms with van der Waals surface area (Å²) in [6.45, 7) is 4.71. The predicted molar refractivity (Wildman–Crippen MR) is 111 cm³/mol. The summed E-state index contributed by atoms with van der Waals surface area (Å²) in [4.78, 5) is 29.1. The summed E-state index contributed by atoms with van der Waals surface area (Å²) in [5, 5.41) is 13.8. The predicted octanol–water partition coefficient (Wildman–Crippen LogP) is 1.05. The van der Waals surface area contributed by atoms with Gasteiger partial charge in [-0.25, -0.2) is 4.68 Å². The van der Waals surface area contributed by atoms with Gasteiger partial charge in [0, 0.05) is 37.4 Å². The Labute approximate surface area is 174 Å². The number of para-hydroxylation sites is 1. The maximum atomic E-state index is 12.5. The number of aryl methyl sites for hydroxylation is 1.